The number of methoxy groups -OCH3 is 2. The van der Waals surface area contributed by atoms with Gasteiger partial charge in [0.05, 0.1) is 0 Å². The van der Waals surface area contributed by atoms with Gasteiger partial charge >= 0.3 is 205 Å². The molecule has 0 aliphatic carbocycles. The number of nitrogens with one attached hydrogen (secondary N) is 2. The molecule has 10 nitrogen and oxygen atoms in total. The number of rotatable bonds is 10. The van der Waals surface area contributed by atoms with Crippen LogP contribution in [0.1, 0.15) is 35.7 Å². The normalized spacial score (nSPS) is 11.5. The number of primary amides is 1. The third-order valence-electron chi connectivity index (χ3n) is 5.41. The first-order valence-corrected chi connectivity index (χ1v) is 13.3. The van der Waals surface area contributed by atoms with E-state index in [1.807, 2.05) is 0 Å². The molecule has 197 valence electrons. The molecule has 0 aliphatic rings. The van der Waals surface area contributed by atoms with Gasteiger partial charge in [-0.05, 0) is 0 Å². The van der Waals surface area contributed by atoms with Crippen LogP contribution in [-0.4, -0.2) is 52.5 Å². The van der Waals surface area contributed by atoms with E-state index in [0.29, 0.717) is 33.0 Å². The van der Waals surface area contributed by atoms with Crippen molar-refractivity contribution in [2.45, 2.75) is 19.8 Å². The average Bonchev–Trinajstić information content (AvgIpc) is 2.89. The molecule has 0 spiro atoms. The van der Waals surface area contributed by atoms with Gasteiger partial charge in [0.1, 0.15) is 5.75 Å². The van der Waals surface area contributed by atoms with Crippen molar-refractivity contribution in [3.63, 3.8) is 0 Å². The van der Waals surface area contributed by atoms with Crippen LogP contribution in [-0.2, 0) is 9.59 Å². The molecular weight excluding hydrogens is 553 g/mol. The van der Waals surface area contributed by atoms with E-state index in [1.54, 1.807) is 61.5 Å². The summed E-state index contributed by atoms with van der Waals surface area (Å²) in [5.74, 6) is -0.369. The maximum atomic E-state index is 13.1. The van der Waals surface area contributed by atoms with E-state index >= 15 is 0 Å². The fourth-order valence-electron chi connectivity index (χ4n) is 3.44. The Bertz CT molecular complexity index is 1340. The van der Waals surface area contributed by atoms with E-state index in [0.717, 1.165) is 5.56 Å². The number of hydrogen-bond donors (Lipinski definition) is 3. The number of carbonyl (C=O) groups excluding carboxylic acids is 4. The summed E-state index contributed by atoms with van der Waals surface area (Å²) >= 11 is -1.06. The quantitative estimate of drug-likeness (QED) is 0.190. The molecule has 3 rings (SSSR count). The molecule has 0 aliphatic heterocycles. The number of esters is 1. The molecule has 3 aromatic rings. The predicted molar refractivity (Wildman–Crippen MR) is 144 cm³/mol. The van der Waals surface area contributed by atoms with Gasteiger partial charge in [-0.3, -0.25) is 4.79 Å². The van der Waals surface area contributed by atoms with Gasteiger partial charge in [0, 0.05) is 6.92 Å². The number of carbonyl (C=O) groups is 4. The van der Waals surface area contributed by atoms with Crippen molar-refractivity contribution >= 4 is 54.0 Å². The molecule has 3 aromatic carbocycles. The molecule has 4 N–H and O–H groups in total. The molecular formula is C27H27AsN3O7. The van der Waals surface area contributed by atoms with Gasteiger partial charge in [-0.2, -0.15) is 0 Å². The average molecular weight is 580 g/mol. The summed E-state index contributed by atoms with van der Waals surface area (Å²) in [6.07, 6.45) is 0. The standard InChI is InChI=1S/C27H27AsN3O7/c1-15(25(33)28-22-14-24(37-4)23(36-3)13-21(22)26(29)34)17-5-7-18(8-6-17)30-27(35)31-19-9-11-20(12-10-19)38-16(2)32/h5-15H,1-4H3,(H2,29,34)(H2,30,31,35). The van der Waals surface area contributed by atoms with Crippen LogP contribution in [0.25, 0.3) is 0 Å². The predicted octanol–water partition coefficient (Wildman–Crippen LogP) is 3.03. The van der Waals surface area contributed by atoms with Crippen LogP contribution in [0.5, 0.6) is 17.2 Å². The van der Waals surface area contributed by atoms with Crippen LogP contribution in [0.15, 0.2) is 60.7 Å². The maximum absolute atomic E-state index is 13.1. The second kappa shape index (κ2) is 12.8. The zero-order valence-electron chi connectivity index (χ0n) is 21.2. The van der Waals surface area contributed by atoms with Gasteiger partial charge in [-0.1, -0.05) is 0 Å². The van der Waals surface area contributed by atoms with Gasteiger partial charge in [-0.25, -0.2) is 0 Å². The van der Waals surface area contributed by atoms with Gasteiger partial charge in [0.2, 0.25) is 0 Å². The van der Waals surface area contributed by atoms with Crippen LogP contribution in [0.4, 0.5) is 16.2 Å². The van der Waals surface area contributed by atoms with Crippen molar-refractivity contribution in [2.24, 2.45) is 5.73 Å². The van der Waals surface area contributed by atoms with Crippen LogP contribution in [0.3, 0.4) is 0 Å². The zero-order valence-corrected chi connectivity index (χ0v) is 23.1. The van der Waals surface area contributed by atoms with Gasteiger partial charge in [-0.15, -0.1) is 0 Å². The van der Waals surface area contributed by atoms with Gasteiger partial charge in [0.25, 0.3) is 0 Å². The van der Waals surface area contributed by atoms with Crippen molar-refractivity contribution in [3.05, 3.63) is 71.8 Å². The minimum atomic E-state index is -1.06. The molecule has 0 heterocycles. The van der Waals surface area contributed by atoms with E-state index in [2.05, 4.69) is 10.6 Å². The number of hydrogen-bond acceptors (Lipinski definition) is 7. The summed E-state index contributed by atoms with van der Waals surface area (Å²) in [4.78, 5) is 48.4. The van der Waals surface area contributed by atoms with Crippen molar-refractivity contribution in [3.8, 4) is 17.2 Å². The Morgan fingerprint density at radius 3 is 1.87 bits per heavy atom. The summed E-state index contributed by atoms with van der Waals surface area (Å²) in [6, 6.07) is 15.9. The number of anilines is 2. The van der Waals surface area contributed by atoms with Crippen LogP contribution in [0, 0.1) is 0 Å². The van der Waals surface area contributed by atoms with Gasteiger partial charge in [0.15, 0.2) is 0 Å². The zero-order chi connectivity index (χ0) is 27.8. The molecule has 1 radical (unpaired) electrons. The van der Waals surface area contributed by atoms with Crippen LogP contribution < -0.4 is 34.9 Å². The molecule has 0 fully saturated rings. The Balaban J connectivity index is 1.64. The molecule has 0 aromatic heterocycles. The van der Waals surface area contributed by atoms with Crippen molar-refractivity contribution < 1.29 is 33.4 Å². The molecule has 0 saturated heterocycles. The second-order valence-electron chi connectivity index (χ2n) is 8.08. The summed E-state index contributed by atoms with van der Waals surface area (Å²) in [7, 11) is 2.93. The third kappa shape index (κ3) is 7.36. The first-order valence-electron chi connectivity index (χ1n) is 11.4. The summed E-state index contributed by atoms with van der Waals surface area (Å²) in [5, 5.41) is 5.41. The summed E-state index contributed by atoms with van der Waals surface area (Å²) in [6.45, 7) is 3.10. The number of nitrogens with two attached hydrogens (primary N) is 1. The molecule has 38 heavy (non-hydrogen) atoms. The second-order valence-corrected chi connectivity index (χ2v) is 10.5. The van der Waals surface area contributed by atoms with E-state index in [1.165, 1.54) is 27.2 Å². The Kier molecular flexibility index (Phi) is 9.51. The van der Waals surface area contributed by atoms with E-state index in [9.17, 15) is 19.2 Å². The Labute approximate surface area is 226 Å². The topological polar surface area (TPSA) is 146 Å². The molecule has 0 bridgehead atoms. The molecule has 1 atom stereocenters. The molecule has 3 amide bonds. The molecule has 1 unspecified atom stereocenters. The summed E-state index contributed by atoms with van der Waals surface area (Å²) < 4.78 is 16.0. The number of amides is 3. The number of urea groups is 1. The fourth-order valence-corrected chi connectivity index (χ4v) is 5.66. The van der Waals surface area contributed by atoms with E-state index in [-0.39, 0.29) is 10.1 Å². The SMILES string of the molecule is COc1cc([As]C(=O)C(C)c2ccc(NC(=O)Nc3ccc(OC(C)=O)cc3)cc2)c(C(N)=O)cc1OC. The van der Waals surface area contributed by atoms with Crippen LogP contribution >= 0.6 is 0 Å². The fraction of sp³-hybridized carbons (Fsp3) is 0.185. The monoisotopic (exact) mass is 580 g/mol. The molecule has 11 heteroatoms. The Morgan fingerprint density at radius 2 is 1.37 bits per heavy atom. The van der Waals surface area contributed by atoms with E-state index in [4.69, 9.17) is 19.9 Å². The van der Waals surface area contributed by atoms with Crippen molar-refractivity contribution in [1.82, 2.24) is 0 Å². The van der Waals surface area contributed by atoms with E-state index < -0.39 is 39.6 Å². The first-order chi connectivity index (χ1) is 18.1. The van der Waals surface area contributed by atoms with Gasteiger partial charge < -0.3 is 4.74 Å². The Hall–Kier alpha value is -4.30. The number of benzene rings is 3. The Morgan fingerprint density at radius 1 is 0.842 bits per heavy atom. The number of ether oxygens (including phenoxy) is 3. The van der Waals surface area contributed by atoms with Crippen molar-refractivity contribution in [2.75, 3.05) is 24.9 Å². The first kappa shape index (κ1) is 28.3. The van der Waals surface area contributed by atoms with Crippen LogP contribution in [0.2, 0.25) is 0 Å². The molecule has 0 saturated carbocycles. The minimum absolute atomic E-state index is 0.0355. The van der Waals surface area contributed by atoms with Crippen molar-refractivity contribution in [1.29, 1.82) is 0 Å². The third-order valence-corrected chi connectivity index (χ3v) is 7.97. The summed E-state index contributed by atoms with van der Waals surface area (Å²) in [5.41, 5.74) is 7.58.